The zero-order chi connectivity index (χ0) is 23.4. The molecule has 2 atom stereocenters. The summed E-state index contributed by atoms with van der Waals surface area (Å²) in [5.74, 6) is -0.844. The third-order valence-corrected chi connectivity index (χ3v) is 6.52. The van der Waals surface area contributed by atoms with Crippen molar-refractivity contribution in [2.45, 2.75) is 57.6 Å². The predicted molar refractivity (Wildman–Crippen MR) is 119 cm³/mol. The molecule has 3 aromatic heterocycles. The van der Waals surface area contributed by atoms with Crippen molar-refractivity contribution in [1.29, 1.82) is 0 Å². The molecular weight excluding hydrogens is 440 g/mol. The van der Waals surface area contributed by atoms with E-state index in [2.05, 4.69) is 20.2 Å². The predicted octanol–water partition coefficient (Wildman–Crippen LogP) is 4.54. The van der Waals surface area contributed by atoms with E-state index in [4.69, 9.17) is 14.7 Å². The van der Waals surface area contributed by atoms with Gasteiger partial charge in [0, 0.05) is 24.2 Å². The van der Waals surface area contributed by atoms with Crippen LogP contribution in [-0.2, 0) is 4.74 Å². The lowest BCUT2D eigenvalue weighted by Gasteiger charge is -2.27. The molecule has 1 saturated heterocycles. The molecule has 10 heteroatoms. The van der Waals surface area contributed by atoms with Gasteiger partial charge in [0.25, 0.3) is 0 Å². The largest absolute Gasteiger partial charge is 0.372 e. The Kier molecular flexibility index (Phi) is 5.05. The van der Waals surface area contributed by atoms with Gasteiger partial charge in [-0.3, -0.25) is 0 Å². The Balaban J connectivity index is 1.41. The molecule has 1 aromatic carbocycles. The molecule has 174 valence electrons. The maximum absolute atomic E-state index is 14.8. The Morgan fingerprint density at radius 2 is 1.82 bits per heavy atom. The molecule has 0 unspecified atom stereocenters. The summed E-state index contributed by atoms with van der Waals surface area (Å²) in [5.41, 5.74) is 3.53. The van der Waals surface area contributed by atoms with Gasteiger partial charge in [-0.25, -0.2) is 28.7 Å². The second-order valence-electron chi connectivity index (χ2n) is 9.02. The first-order valence-corrected chi connectivity index (χ1v) is 11.5. The number of fused-ring (bicyclic) bond motifs is 1. The summed E-state index contributed by atoms with van der Waals surface area (Å²) in [6.45, 7) is 4.21. The summed E-state index contributed by atoms with van der Waals surface area (Å²) in [6, 6.07) is 3.85. The van der Waals surface area contributed by atoms with Crippen molar-refractivity contribution in [3.05, 3.63) is 58.9 Å². The summed E-state index contributed by atoms with van der Waals surface area (Å²) in [4.78, 5) is 20.5. The maximum Gasteiger partial charge on any atom is 0.182 e. The van der Waals surface area contributed by atoms with Crippen molar-refractivity contribution in [3.8, 4) is 11.3 Å². The van der Waals surface area contributed by atoms with E-state index in [0.29, 0.717) is 53.9 Å². The van der Waals surface area contributed by atoms with Crippen LogP contribution in [0.5, 0.6) is 0 Å². The summed E-state index contributed by atoms with van der Waals surface area (Å²) >= 11 is 0. The second kappa shape index (κ2) is 8.12. The lowest BCUT2D eigenvalue weighted by molar-refractivity contribution is 0.00113. The summed E-state index contributed by atoms with van der Waals surface area (Å²) in [7, 11) is 0. The molecule has 0 spiro atoms. The number of benzene rings is 1. The van der Waals surface area contributed by atoms with E-state index in [-0.39, 0.29) is 17.6 Å². The Bertz CT molecular complexity index is 1400. The third kappa shape index (κ3) is 3.81. The van der Waals surface area contributed by atoms with Crippen molar-refractivity contribution in [3.63, 3.8) is 0 Å². The normalized spacial score (nSPS) is 20.7. The van der Waals surface area contributed by atoms with E-state index in [9.17, 15) is 8.78 Å². The minimum Gasteiger partial charge on any atom is -0.372 e. The van der Waals surface area contributed by atoms with Crippen molar-refractivity contribution in [2.24, 2.45) is 0 Å². The van der Waals surface area contributed by atoms with Gasteiger partial charge in [-0.05, 0) is 51.7 Å². The van der Waals surface area contributed by atoms with Crippen molar-refractivity contribution < 1.29 is 13.5 Å². The highest BCUT2D eigenvalue weighted by Gasteiger charge is 2.32. The Morgan fingerprint density at radius 1 is 1.00 bits per heavy atom. The van der Waals surface area contributed by atoms with Crippen LogP contribution in [0.15, 0.2) is 24.4 Å². The minimum absolute atomic E-state index is 0.0418. The first-order chi connectivity index (χ1) is 16.5. The van der Waals surface area contributed by atoms with E-state index < -0.39 is 11.6 Å². The summed E-state index contributed by atoms with van der Waals surface area (Å²) < 4.78 is 34.4. The van der Waals surface area contributed by atoms with Gasteiger partial charge >= 0.3 is 0 Å². The van der Waals surface area contributed by atoms with Crippen LogP contribution in [0.2, 0.25) is 0 Å². The highest BCUT2D eigenvalue weighted by Crippen LogP contribution is 2.38. The average Bonchev–Trinajstić information content (AvgIpc) is 3.56. The summed E-state index contributed by atoms with van der Waals surface area (Å²) in [6.07, 6.45) is 5.10. The van der Waals surface area contributed by atoms with Crippen LogP contribution < -0.4 is 0 Å². The standard InChI is InChI=1S/C24H23F2N7O/c1-12-13(2)29-24-22(28-12)21(17-6-3-15(25)10-18(17)26)30-23(31-24)14-7-8-34-20(9-14)19-11-27-33(32-19)16-4-5-16/h3,6,10-11,14,16,20H,4-5,7-9H2,1-2H3/t14-,20+/m1/s1. The van der Waals surface area contributed by atoms with E-state index in [0.717, 1.165) is 30.3 Å². The fourth-order valence-corrected chi connectivity index (χ4v) is 4.34. The number of halogens is 2. The molecule has 6 rings (SSSR count). The van der Waals surface area contributed by atoms with Crippen LogP contribution in [0.4, 0.5) is 8.78 Å². The molecule has 2 fully saturated rings. The molecule has 4 aromatic rings. The van der Waals surface area contributed by atoms with Crippen LogP contribution in [0.25, 0.3) is 22.4 Å². The molecule has 0 bridgehead atoms. The van der Waals surface area contributed by atoms with Gasteiger partial charge in [-0.1, -0.05) is 0 Å². The van der Waals surface area contributed by atoms with Gasteiger partial charge in [0.1, 0.15) is 40.5 Å². The fourth-order valence-electron chi connectivity index (χ4n) is 4.34. The number of aromatic nitrogens is 7. The van der Waals surface area contributed by atoms with Gasteiger partial charge in [0.15, 0.2) is 5.65 Å². The number of hydrogen-bond donors (Lipinski definition) is 0. The number of rotatable bonds is 4. The van der Waals surface area contributed by atoms with Crippen molar-refractivity contribution in [2.75, 3.05) is 6.61 Å². The SMILES string of the molecule is Cc1nc2nc([C@@H]3CCO[C@H](c4cnn(C5CC5)n4)C3)nc(-c3ccc(F)cc3F)c2nc1C. The van der Waals surface area contributed by atoms with Crippen LogP contribution in [0, 0.1) is 25.5 Å². The second-order valence-corrected chi connectivity index (χ2v) is 9.02. The van der Waals surface area contributed by atoms with Crippen molar-refractivity contribution >= 4 is 11.2 Å². The van der Waals surface area contributed by atoms with Crippen LogP contribution in [0.1, 0.15) is 66.7 Å². The molecule has 1 aliphatic carbocycles. The molecule has 2 aliphatic rings. The van der Waals surface area contributed by atoms with Gasteiger partial charge in [0.05, 0.1) is 23.6 Å². The topological polar surface area (TPSA) is 91.5 Å². The molecule has 0 radical (unpaired) electrons. The zero-order valence-electron chi connectivity index (χ0n) is 18.9. The Labute approximate surface area is 194 Å². The summed E-state index contributed by atoms with van der Waals surface area (Å²) in [5, 5.41) is 9.00. The lowest BCUT2D eigenvalue weighted by atomic mass is 9.93. The molecular formula is C24H23F2N7O. The molecule has 8 nitrogen and oxygen atoms in total. The van der Waals surface area contributed by atoms with E-state index in [1.807, 2.05) is 13.8 Å². The van der Waals surface area contributed by atoms with Crippen molar-refractivity contribution in [1.82, 2.24) is 34.9 Å². The van der Waals surface area contributed by atoms with Crippen LogP contribution >= 0.6 is 0 Å². The number of ether oxygens (including phenoxy) is 1. The number of hydrogen-bond acceptors (Lipinski definition) is 7. The van der Waals surface area contributed by atoms with E-state index in [1.54, 1.807) is 11.0 Å². The average molecular weight is 463 g/mol. The monoisotopic (exact) mass is 463 g/mol. The van der Waals surface area contributed by atoms with E-state index in [1.165, 1.54) is 12.1 Å². The third-order valence-electron chi connectivity index (χ3n) is 6.52. The van der Waals surface area contributed by atoms with Gasteiger partial charge < -0.3 is 4.74 Å². The highest BCUT2D eigenvalue weighted by molar-refractivity contribution is 5.87. The highest BCUT2D eigenvalue weighted by atomic mass is 19.1. The first-order valence-electron chi connectivity index (χ1n) is 11.5. The smallest absolute Gasteiger partial charge is 0.182 e. The fraction of sp³-hybridized carbons (Fsp3) is 0.417. The molecule has 0 amide bonds. The molecule has 1 saturated carbocycles. The maximum atomic E-state index is 14.8. The minimum atomic E-state index is -0.701. The lowest BCUT2D eigenvalue weighted by Crippen LogP contribution is -2.21. The Hall–Kier alpha value is -3.40. The van der Waals surface area contributed by atoms with Gasteiger partial charge in [0.2, 0.25) is 0 Å². The zero-order valence-corrected chi connectivity index (χ0v) is 18.9. The number of nitrogens with zero attached hydrogens (tertiary/aromatic N) is 7. The molecule has 0 N–H and O–H groups in total. The van der Waals surface area contributed by atoms with Crippen LogP contribution in [0.3, 0.4) is 0 Å². The van der Waals surface area contributed by atoms with E-state index >= 15 is 0 Å². The molecule has 34 heavy (non-hydrogen) atoms. The first kappa shape index (κ1) is 21.2. The molecule has 4 heterocycles. The van der Waals surface area contributed by atoms with Crippen LogP contribution in [-0.4, -0.2) is 41.5 Å². The quantitative estimate of drug-likeness (QED) is 0.439. The molecule has 1 aliphatic heterocycles. The Morgan fingerprint density at radius 3 is 2.62 bits per heavy atom. The van der Waals surface area contributed by atoms with Gasteiger partial charge in [-0.2, -0.15) is 15.0 Å². The van der Waals surface area contributed by atoms with Gasteiger partial charge in [-0.15, -0.1) is 0 Å². The number of aryl methyl sites for hydroxylation is 2.